The van der Waals surface area contributed by atoms with Crippen LogP contribution in [0.2, 0.25) is 0 Å². The zero-order chi connectivity index (χ0) is 21.1. The second-order valence-corrected chi connectivity index (χ2v) is 8.16. The van der Waals surface area contributed by atoms with E-state index in [-0.39, 0.29) is 17.5 Å². The van der Waals surface area contributed by atoms with Crippen LogP contribution in [0.15, 0.2) is 27.1 Å². The Bertz CT molecular complexity index is 1040. The largest absolute Gasteiger partial charge is 0.356 e. The summed E-state index contributed by atoms with van der Waals surface area (Å²) in [4.78, 5) is 42.2. The molecule has 8 nitrogen and oxygen atoms in total. The smallest absolute Gasteiger partial charge is 0.332 e. The molecule has 154 valence electrons. The van der Waals surface area contributed by atoms with Crippen LogP contribution in [0.25, 0.3) is 0 Å². The van der Waals surface area contributed by atoms with E-state index in [9.17, 15) is 19.6 Å². The number of amides is 1. The van der Waals surface area contributed by atoms with Crippen molar-refractivity contribution < 1.29 is 4.79 Å². The number of thiophene rings is 1. The van der Waals surface area contributed by atoms with Crippen LogP contribution in [0.1, 0.15) is 41.4 Å². The quantitative estimate of drug-likeness (QED) is 0.739. The van der Waals surface area contributed by atoms with Crippen LogP contribution >= 0.6 is 11.3 Å². The molecule has 0 saturated carbocycles. The molecule has 29 heavy (non-hydrogen) atoms. The van der Waals surface area contributed by atoms with Gasteiger partial charge in [-0.3, -0.25) is 18.7 Å². The molecule has 1 aliphatic rings. The van der Waals surface area contributed by atoms with Gasteiger partial charge in [0.25, 0.3) is 11.5 Å². The van der Waals surface area contributed by atoms with E-state index in [1.165, 1.54) is 23.0 Å². The lowest BCUT2D eigenvalue weighted by Crippen LogP contribution is -2.50. The van der Waals surface area contributed by atoms with Crippen molar-refractivity contribution in [3.05, 3.63) is 48.8 Å². The van der Waals surface area contributed by atoms with Crippen molar-refractivity contribution in [3.63, 3.8) is 0 Å². The summed E-state index contributed by atoms with van der Waals surface area (Å²) in [5.74, 6) is 0.421. The molecule has 3 rings (SSSR count). The molecule has 1 amide bonds. The van der Waals surface area contributed by atoms with Crippen molar-refractivity contribution in [2.24, 2.45) is 14.1 Å². The molecule has 1 saturated heterocycles. The Kier molecular flexibility index (Phi) is 6.23. The van der Waals surface area contributed by atoms with Crippen LogP contribution < -0.4 is 16.1 Å². The number of carbonyl (C=O) groups excluding carboxylic acids is 1. The molecule has 2 aromatic rings. The van der Waals surface area contributed by atoms with E-state index in [1.54, 1.807) is 7.05 Å². The lowest BCUT2D eigenvalue weighted by Gasteiger charge is -2.39. The standard InChI is InChI=1S/C20H25N5O3S/c1-4-9-25(19(27)16-6-5-12-29-16)14-7-10-24(11-8-14)17-15(13-21)18(26)23(3)20(28)22(17)2/h5-6,12,14H,4,7-11H2,1-3H3. The molecule has 0 spiro atoms. The number of hydrogen-bond acceptors (Lipinski definition) is 6. The van der Waals surface area contributed by atoms with Crippen LogP contribution in [0, 0.1) is 11.3 Å². The first-order valence-electron chi connectivity index (χ1n) is 9.70. The van der Waals surface area contributed by atoms with E-state index >= 15 is 0 Å². The van der Waals surface area contributed by atoms with E-state index in [2.05, 4.69) is 6.92 Å². The van der Waals surface area contributed by atoms with Gasteiger partial charge in [0.1, 0.15) is 11.9 Å². The fourth-order valence-corrected chi connectivity index (χ4v) is 4.60. The van der Waals surface area contributed by atoms with Crippen LogP contribution in [0.3, 0.4) is 0 Å². The fraction of sp³-hybridized carbons (Fsp3) is 0.500. The van der Waals surface area contributed by atoms with E-state index in [0.717, 1.165) is 15.9 Å². The highest BCUT2D eigenvalue weighted by molar-refractivity contribution is 7.12. The van der Waals surface area contributed by atoms with E-state index < -0.39 is 11.2 Å². The average Bonchev–Trinajstić information content (AvgIpc) is 3.27. The number of piperidine rings is 1. The van der Waals surface area contributed by atoms with Crippen LogP contribution in [0.5, 0.6) is 0 Å². The summed E-state index contributed by atoms with van der Waals surface area (Å²) in [7, 11) is 2.95. The topological polar surface area (TPSA) is 91.3 Å². The highest BCUT2D eigenvalue weighted by Gasteiger charge is 2.31. The van der Waals surface area contributed by atoms with Gasteiger partial charge in [-0.1, -0.05) is 13.0 Å². The maximum atomic E-state index is 12.9. The zero-order valence-corrected chi connectivity index (χ0v) is 17.7. The normalized spacial score (nSPS) is 14.6. The molecule has 9 heteroatoms. The predicted octanol–water partition coefficient (Wildman–Crippen LogP) is 1.54. The van der Waals surface area contributed by atoms with E-state index in [4.69, 9.17) is 0 Å². The molecule has 1 aliphatic heterocycles. The molecule has 1 fully saturated rings. The second-order valence-electron chi connectivity index (χ2n) is 7.21. The average molecular weight is 416 g/mol. The van der Waals surface area contributed by atoms with Gasteiger partial charge in [0.15, 0.2) is 5.56 Å². The van der Waals surface area contributed by atoms with Crippen LogP contribution in [0.4, 0.5) is 5.82 Å². The third-order valence-electron chi connectivity index (χ3n) is 5.41. The first kappa shape index (κ1) is 20.9. The first-order valence-corrected chi connectivity index (χ1v) is 10.6. The Morgan fingerprint density at radius 2 is 1.97 bits per heavy atom. The van der Waals surface area contributed by atoms with Gasteiger partial charge >= 0.3 is 5.69 Å². The summed E-state index contributed by atoms with van der Waals surface area (Å²) in [6.45, 7) is 3.88. The maximum absolute atomic E-state index is 12.9. The van der Waals surface area contributed by atoms with Crippen molar-refractivity contribution in [2.75, 3.05) is 24.5 Å². The van der Waals surface area contributed by atoms with Gasteiger partial charge in [0.2, 0.25) is 0 Å². The Balaban J connectivity index is 1.84. The number of nitrogens with zero attached hydrogens (tertiary/aromatic N) is 5. The van der Waals surface area contributed by atoms with Crippen molar-refractivity contribution in [2.45, 2.75) is 32.2 Å². The Morgan fingerprint density at radius 1 is 1.28 bits per heavy atom. The molecule has 0 radical (unpaired) electrons. The monoisotopic (exact) mass is 415 g/mol. The number of nitriles is 1. The van der Waals surface area contributed by atoms with Crippen molar-refractivity contribution in [1.82, 2.24) is 14.0 Å². The summed E-state index contributed by atoms with van der Waals surface area (Å²) >= 11 is 1.45. The highest BCUT2D eigenvalue weighted by Crippen LogP contribution is 2.25. The number of hydrogen-bond donors (Lipinski definition) is 0. The maximum Gasteiger partial charge on any atom is 0.332 e. The minimum absolute atomic E-state index is 0.0203. The van der Waals surface area contributed by atoms with Gasteiger partial charge in [0.05, 0.1) is 4.88 Å². The first-order chi connectivity index (χ1) is 13.9. The van der Waals surface area contributed by atoms with Gasteiger partial charge in [-0.25, -0.2) is 4.79 Å². The summed E-state index contributed by atoms with van der Waals surface area (Å²) in [6, 6.07) is 5.78. The molecule has 0 aromatic carbocycles. The van der Waals surface area contributed by atoms with Crippen molar-refractivity contribution in [3.8, 4) is 6.07 Å². The predicted molar refractivity (Wildman–Crippen MR) is 113 cm³/mol. The molecular weight excluding hydrogens is 390 g/mol. The lowest BCUT2D eigenvalue weighted by molar-refractivity contribution is 0.0654. The molecule has 0 aliphatic carbocycles. The number of rotatable bonds is 5. The van der Waals surface area contributed by atoms with Gasteiger partial charge < -0.3 is 9.80 Å². The van der Waals surface area contributed by atoms with E-state index in [0.29, 0.717) is 38.3 Å². The van der Waals surface area contributed by atoms with Gasteiger partial charge in [-0.2, -0.15) is 5.26 Å². The highest BCUT2D eigenvalue weighted by atomic mass is 32.1. The lowest BCUT2D eigenvalue weighted by atomic mass is 10.0. The molecule has 0 bridgehead atoms. The second kappa shape index (κ2) is 8.66. The Morgan fingerprint density at radius 3 is 2.52 bits per heavy atom. The Labute approximate surface area is 173 Å². The molecule has 0 atom stereocenters. The van der Waals surface area contributed by atoms with Gasteiger partial charge in [0, 0.05) is 39.8 Å². The zero-order valence-electron chi connectivity index (χ0n) is 16.9. The minimum Gasteiger partial charge on any atom is -0.356 e. The third-order valence-corrected chi connectivity index (χ3v) is 6.27. The Hall–Kier alpha value is -2.86. The SMILES string of the molecule is CCCN(C(=O)c1cccs1)C1CCN(c2c(C#N)c(=O)n(C)c(=O)n2C)CC1. The van der Waals surface area contributed by atoms with Crippen LogP contribution in [-0.4, -0.2) is 45.6 Å². The summed E-state index contributed by atoms with van der Waals surface area (Å²) < 4.78 is 2.32. The van der Waals surface area contributed by atoms with Crippen molar-refractivity contribution >= 4 is 23.1 Å². The third kappa shape index (κ3) is 3.85. The summed E-state index contributed by atoms with van der Waals surface area (Å²) in [6.07, 6.45) is 2.30. The fourth-order valence-electron chi connectivity index (χ4n) is 3.92. The summed E-state index contributed by atoms with van der Waals surface area (Å²) in [5, 5.41) is 11.4. The molecule has 0 N–H and O–H groups in total. The van der Waals surface area contributed by atoms with Crippen LogP contribution in [-0.2, 0) is 14.1 Å². The minimum atomic E-state index is -0.576. The van der Waals surface area contributed by atoms with E-state index in [1.807, 2.05) is 33.4 Å². The summed E-state index contributed by atoms with van der Waals surface area (Å²) in [5.41, 5.74) is -1.05. The van der Waals surface area contributed by atoms with Crippen molar-refractivity contribution in [1.29, 1.82) is 5.26 Å². The van der Waals surface area contributed by atoms with Gasteiger partial charge in [-0.15, -0.1) is 11.3 Å². The van der Waals surface area contributed by atoms with Gasteiger partial charge in [-0.05, 0) is 30.7 Å². The number of anilines is 1. The molecule has 0 unspecified atom stereocenters. The number of carbonyl (C=O) groups is 1. The molecule has 2 aromatic heterocycles. The molecular formula is C20H25N5O3S. The number of aromatic nitrogens is 2. The molecule has 3 heterocycles.